The number of nitrogens with zero attached hydrogens (tertiary/aromatic N) is 3. The van der Waals surface area contributed by atoms with E-state index in [1.54, 1.807) is 18.1 Å². The summed E-state index contributed by atoms with van der Waals surface area (Å²) in [5.41, 5.74) is 0.939. The zero-order valence-electron chi connectivity index (χ0n) is 7.14. The summed E-state index contributed by atoms with van der Waals surface area (Å²) in [6.07, 6.45) is 4.09. The number of rotatable bonds is 2. The number of methoxy groups -OCH3 is 1. The Bertz CT molecular complexity index is 366. The van der Waals surface area contributed by atoms with Gasteiger partial charge in [-0.15, -0.1) is 5.10 Å². The van der Waals surface area contributed by atoms with Crippen LogP contribution in [0.2, 0.25) is 0 Å². The van der Waals surface area contributed by atoms with E-state index >= 15 is 0 Å². The Hall–Kier alpha value is -1.84. The molecule has 0 saturated carbocycles. The SMILES string of the molecule is COc1ccc(-n2cn[c]n2)cc1. The number of ether oxygens (including phenoxy) is 1. The van der Waals surface area contributed by atoms with Crippen LogP contribution in [-0.4, -0.2) is 21.9 Å². The van der Waals surface area contributed by atoms with Gasteiger partial charge in [-0.05, 0) is 24.3 Å². The fourth-order valence-electron chi connectivity index (χ4n) is 1.04. The zero-order chi connectivity index (χ0) is 9.10. The van der Waals surface area contributed by atoms with E-state index in [4.69, 9.17) is 4.74 Å². The molecule has 1 aromatic carbocycles. The maximum atomic E-state index is 5.03. The van der Waals surface area contributed by atoms with Crippen LogP contribution in [0.1, 0.15) is 0 Å². The van der Waals surface area contributed by atoms with Crippen molar-refractivity contribution in [2.24, 2.45) is 0 Å². The van der Waals surface area contributed by atoms with E-state index in [0.717, 1.165) is 11.4 Å². The monoisotopic (exact) mass is 174 g/mol. The predicted octanol–water partition coefficient (Wildman–Crippen LogP) is 1.08. The highest BCUT2D eigenvalue weighted by atomic mass is 16.5. The Kier molecular flexibility index (Phi) is 1.96. The van der Waals surface area contributed by atoms with E-state index in [9.17, 15) is 0 Å². The molecule has 0 aliphatic carbocycles. The van der Waals surface area contributed by atoms with Gasteiger partial charge in [-0.1, -0.05) is 0 Å². The average Bonchev–Trinajstić information content (AvgIpc) is 2.71. The number of hydrogen-bond acceptors (Lipinski definition) is 3. The minimum atomic E-state index is 0.827. The van der Waals surface area contributed by atoms with Gasteiger partial charge >= 0.3 is 0 Å². The largest absolute Gasteiger partial charge is 0.497 e. The first kappa shape index (κ1) is 7.79. The minimum Gasteiger partial charge on any atom is -0.497 e. The summed E-state index contributed by atoms with van der Waals surface area (Å²) in [5, 5.41) is 3.88. The van der Waals surface area contributed by atoms with E-state index < -0.39 is 0 Å². The third kappa shape index (κ3) is 1.51. The molecular weight excluding hydrogens is 166 g/mol. The van der Waals surface area contributed by atoms with Crippen LogP contribution in [0.5, 0.6) is 5.75 Å². The molecule has 0 bridgehead atoms. The molecule has 1 aromatic heterocycles. The van der Waals surface area contributed by atoms with Crippen LogP contribution in [0.4, 0.5) is 0 Å². The third-order valence-corrected chi connectivity index (χ3v) is 1.71. The molecule has 0 unspecified atom stereocenters. The molecule has 0 amide bonds. The van der Waals surface area contributed by atoms with Gasteiger partial charge in [0.15, 0.2) is 0 Å². The smallest absolute Gasteiger partial charge is 0.221 e. The normalized spacial score (nSPS) is 9.92. The highest BCUT2D eigenvalue weighted by molar-refractivity contribution is 5.36. The Morgan fingerprint density at radius 1 is 1.31 bits per heavy atom. The highest BCUT2D eigenvalue weighted by Gasteiger charge is 1.96. The average molecular weight is 174 g/mol. The second kappa shape index (κ2) is 3.26. The first-order chi connectivity index (χ1) is 6.40. The standard InChI is InChI=1S/C9H8N3O/c1-13-9-4-2-8(3-5-9)12-7-10-6-11-12/h2-5,7H,1H3. The van der Waals surface area contributed by atoms with Crippen LogP contribution in [0.3, 0.4) is 0 Å². The Morgan fingerprint density at radius 2 is 2.08 bits per heavy atom. The molecule has 1 radical (unpaired) electrons. The van der Waals surface area contributed by atoms with Gasteiger partial charge in [0.2, 0.25) is 6.33 Å². The van der Waals surface area contributed by atoms with Gasteiger partial charge in [-0.3, -0.25) is 0 Å². The van der Waals surface area contributed by atoms with Crippen molar-refractivity contribution in [3.05, 3.63) is 36.9 Å². The molecule has 2 rings (SSSR count). The number of aromatic nitrogens is 3. The highest BCUT2D eigenvalue weighted by Crippen LogP contribution is 2.13. The van der Waals surface area contributed by atoms with Crippen LogP contribution < -0.4 is 4.74 Å². The first-order valence-electron chi connectivity index (χ1n) is 3.82. The van der Waals surface area contributed by atoms with Crippen molar-refractivity contribution in [1.29, 1.82) is 0 Å². The molecular formula is C9H8N3O. The van der Waals surface area contributed by atoms with Gasteiger partial charge in [0.25, 0.3) is 0 Å². The molecule has 0 N–H and O–H groups in total. The van der Waals surface area contributed by atoms with Crippen molar-refractivity contribution in [3.8, 4) is 11.4 Å². The summed E-state index contributed by atoms with van der Waals surface area (Å²) < 4.78 is 6.67. The molecule has 0 aliphatic rings. The summed E-state index contributed by atoms with van der Waals surface area (Å²) in [7, 11) is 1.64. The van der Waals surface area contributed by atoms with E-state index in [1.807, 2.05) is 24.3 Å². The minimum absolute atomic E-state index is 0.827. The maximum Gasteiger partial charge on any atom is 0.221 e. The van der Waals surface area contributed by atoms with Crippen molar-refractivity contribution in [1.82, 2.24) is 14.8 Å². The summed E-state index contributed by atoms with van der Waals surface area (Å²) in [6.45, 7) is 0. The summed E-state index contributed by atoms with van der Waals surface area (Å²) in [5.74, 6) is 0.827. The molecule has 13 heavy (non-hydrogen) atoms. The van der Waals surface area contributed by atoms with Crippen LogP contribution >= 0.6 is 0 Å². The molecule has 0 saturated heterocycles. The molecule has 4 heteroatoms. The second-order valence-corrected chi connectivity index (χ2v) is 2.49. The quantitative estimate of drug-likeness (QED) is 0.683. The molecule has 4 nitrogen and oxygen atoms in total. The molecule has 0 fully saturated rings. The van der Waals surface area contributed by atoms with Crippen molar-refractivity contribution in [2.45, 2.75) is 0 Å². The zero-order valence-corrected chi connectivity index (χ0v) is 7.14. The van der Waals surface area contributed by atoms with Gasteiger partial charge in [0.05, 0.1) is 12.8 Å². The van der Waals surface area contributed by atoms with Crippen LogP contribution in [0, 0.1) is 6.33 Å². The first-order valence-corrected chi connectivity index (χ1v) is 3.82. The number of benzene rings is 1. The lowest BCUT2D eigenvalue weighted by Gasteiger charge is -2.01. The second-order valence-electron chi connectivity index (χ2n) is 2.49. The third-order valence-electron chi connectivity index (χ3n) is 1.71. The summed E-state index contributed by atoms with van der Waals surface area (Å²) >= 11 is 0. The fourth-order valence-corrected chi connectivity index (χ4v) is 1.04. The molecule has 2 aromatic rings. The Labute approximate surface area is 75.8 Å². The Balaban J connectivity index is 2.33. The molecule has 1 heterocycles. The molecule has 0 aliphatic heterocycles. The lowest BCUT2D eigenvalue weighted by molar-refractivity contribution is 0.414. The van der Waals surface area contributed by atoms with Gasteiger partial charge in [0.1, 0.15) is 12.1 Å². The van der Waals surface area contributed by atoms with Gasteiger partial charge in [-0.25, -0.2) is 9.67 Å². The topological polar surface area (TPSA) is 39.9 Å². The van der Waals surface area contributed by atoms with Crippen molar-refractivity contribution < 1.29 is 4.74 Å². The van der Waals surface area contributed by atoms with Crippen molar-refractivity contribution in [3.63, 3.8) is 0 Å². The summed E-state index contributed by atoms with van der Waals surface area (Å²) in [6, 6.07) is 7.55. The number of hydrogen-bond donors (Lipinski definition) is 0. The van der Waals surface area contributed by atoms with Crippen molar-refractivity contribution >= 4 is 0 Å². The molecule has 65 valence electrons. The molecule has 0 spiro atoms. The van der Waals surface area contributed by atoms with E-state index in [2.05, 4.69) is 16.4 Å². The van der Waals surface area contributed by atoms with Crippen LogP contribution in [-0.2, 0) is 0 Å². The molecule has 0 atom stereocenters. The summed E-state index contributed by atoms with van der Waals surface area (Å²) in [4.78, 5) is 3.74. The van der Waals surface area contributed by atoms with E-state index in [-0.39, 0.29) is 0 Å². The van der Waals surface area contributed by atoms with Gasteiger partial charge in [-0.2, -0.15) is 0 Å². The van der Waals surface area contributed by atoms with Crippen molar-refractivity contribution in [2.75, 3.05) is 7.11 Å². The maximum absolute atomic E-state index is 5.03. The van der Waals surface area contributed by atoms with Crippen LogP contribution in [0.25, 0.3) is 5.69 Å². The van der Waals surface area contributed by atoms with E-state index in [1.165, 1.54) is 0 Å². The Morgan fingerprint density at radius 3 is 2.62 bits per heavy atom. The predicted molar refractivity (Wildman–Crippen MR) is 46.7 cm³/mol. The van der Waals surface area contributed by atoms with E-state index in [0.29, 0.717) is 0 Å². The lowest BCUT2D eigenvalue weighted by Crippen LogP contribution is -1.93. The fraction of sp³-hybridized carbons (Fsp3) is 0.111. The lowest BCUT2D eigenvalue weighted by atomic mass is 10.3. The van der Waals surface area contributed by atoms with Crippen LogP contribution in [0.15, 0.2) is 30.6 Å². The van der Waals surface area contributed by atoms with Gasteiger partial charge in [0, 0.05) is 0 Å². The van der Waals surface area contributed by atoms with Gasteiger partial charge < -0.3 is 4.74 Å².